The van der Waals surface area contributed by atoms with Crippen molar-refractivity contribution in [2.45, 2.75) is 31.7 Å². The van der Waals surface area contributed by atoms with E-state index in [1.165, 1.54) is 17.7 Å². The molecule has 1 aliphatic carbocycles. The summed E-state index contributed by atoms with van der Waals surface area (Å²) in [6.45, 7) is 0.381. The number of morpholine rings is 1. The molecule has 1 unspecified atom stereocenters. The van der Waals surface area contributed by atoms with Gasteiger partial charge in [-0.1, -0.05) is 12.8 Å². The van der Waals surface area contributed by atoms with E-state index >= 15 is 0 Å². The highest BCUT2D eigenvalue weighted by atomic mass is 16.5. The summed E-state index contributed by atoms with van der Waals surface area (Å²) in [4.78, 5) is 24.7. The summed E-state index contributed by atoms with van der Waals surface area (Å²) in [5.41, 5.74) is 5.72. The molecule has 1 atom stereocenters. The molecule has 0 spiro atoms. The number of rotatable bonds is 3. The van der Waals surface area contributed by atoms with Crippen molar-refractivity contribution in [2.24, 2.45) is 11.7 Å². The highest BCUT2D eigenvalue weighted by Gasteiger charge is 2.37. The number of hydrogen-bond donors (Lipinski definition) is 1. The Kier molecular flexibility index (Phi) is 3.56. The van der Waals surface area contributed by atoms with E-state index in [2.05, 4.69) is 0 Å². The van der Waals surface area contributed by atoms with E-state index in [0.29, 0.717) is 12.5 Å². The lowest BCUT2D eigenvalue weighted by Gasteiger charge is -2.35. The first-order chi connectivity index (χ1) is 7.74. The van der Waals surface area contributed by atoms with Crippen molar-refractivity contribution < 1.29 is 14.3 Å². The van der Waals surface area contributed by atoms with E-state index in [1.807, 2.05) is 0 Å². The SMILES string of the molecule is NCC(C1CCCC1)N1C(=O)COCC1=O. The smallest absolute Gasteiger partial charge is 0.255 e. The van der Waals surface area contributed by atoms with Gasteiger partial charge in [0.2, 0.25) is 0 Å². The third-order valence-corrected chi connectivity index (χ3v) is 3.51. The van der Waals surface area contributed by atoms with Gasteiger partial charge < -0.3 is 10.5 Å². The van der Waals surface area contributed by atoms with Gasteiger partial charge in [0.1, 0.15) is 13.2 Å². The zero-order chi connectivity index (χ0) is 11.5. The number of carbonyl (C=O) groups excluding carboxylic acids is 2. The Morgan fingerprint density at radius 3 is 2.31 bits per heavy atom. The van der Waals surface area contributed by atoms with Crippen LogP contribution in [0.2, 0.25) is 0 Å². The van der Waals surface area contributed by atoms with Gasteiger partial charge in [-0.05, 0) is 18.8 Å². The second-order valence-corrected chi connectivity index (χ2v) is 4.50. The number of imide groups is 1. The highest BCUT2D eigenvalue weighted by Crippen LogP contribution is 2.30. The standard InChI is InChI=1S/C11H18N2O3/c12-5-9(8-3-1-2-4-8)13-10(14)6-16-7-11(13)15/h8-9H,1-7,12H2. The zero-order valence-corrected chi connectivity index (χ0v) is 9.35. The van der Waals surface area contributed by atoms with Crippen LogP contribution >= 0.6 is 0 Å². The van der Waals surface area contributed by atoms with Crippen molar-refractivity contribution >= 4 is 11.8 Å². The minimum absolute atomic E-state index is 0.00889. The summed E-state index contributed by atoms with van der Waals surface area (Å²) in [6.07, 6.45) is 4.49. The summed E-state index contributed by atoms with van der Waals surface area (Å²) in [5, 5.41) is 0. The third kappa shape index (κ3) is 2.10. The summed E-state index contributed by atoms with van der Waals surface area (Å²) >= 11 is 0. The van der Waals surface area contributed by atoms with Crippen LogP contribution < -0.4 is 5.73 Å². The molecule has 0 aromatic carbocycles. The molecule has 1 aliphatic heterocycles. The van der Waals surface area contributed by atoms with E-state index in [-0.39, 0.29) is 31.1 Å². The highest BCUT2D eigenvalue weighted by molar-refractivity contribution is 5.98. The fraction of sp³-hybridized carbons (Fsp3) is 0.818. The minimum atomic E-state index is -0.237. The maximum Gasteiger partial charge on any atom is 0.255 e. The predicted octanol–water partition coefficient (Wildman–Crippen LogP) is -0.111. The second kappa shape index (κ2) is 4.93. The van der Waals surface area contributed by atoms with Crippen LogP contribution in [0.5, 0.6) is 0 Å². The van der Waals surface area contributed by atoms with Gasteiger partial charge in [-0.15, -0.1) is 0 Å². The molecule has 0 bridgehead atoms. The molecular formula is C11H18N2O3. The zero-order valence-electron chi connectivity index (χ0n) is 9.35. The molecule has 2 fully saturated rings. The quantitative estimate of drug-likeness (QED) is 0.681. The number of carbonyl (C=O) groups is 2. The molecule has 0 radical (unpaired) electrons. The predicted molar refractivity (Wildman–Crippen MR) is 57.5 cm³/mol. The number of amides is 2. The molecule has 2 aliphatic rings. The first-order valence-electron chi connectivity index (χ1n) is 5.86. The molecular weight excluding hydrogens is 208 g/mol. The van der Waals surface area contributed by atoms with Gasteiger partial charge in [-0.25, -0.2) is 0 Å². The van der Waals surface area contributed by atoms with Crippen LogP contribution in [0.1, 0.15) is 25.7 Å². The normalized spacial score (nSPS) is 25.2. The fourth-order valence-electron chi connectivity index (χ4n) is 2.72. The molecule has 5 heteroatoms. The lowest BCUT2D eigenvalue weighted by molar-refractivity contribution is -0.162. The van der Waals surface area contributed by atoms with Crippen LogP contribution in [-0.4, -0.2) is 42.5 Å². The summed E-state index contributed by atoms with van der Waals surface area (Å²) in [5.74, 6) is -0.0896. The molecule has 90 valence electrons. The number of hydrogen-bond acceptors (Lipinski definition) is 4. The van der Waals surface area contributed by atoms with Gasteiger partial charge in [-0.3, -0.25) is 14.5 Å². The summed E-state index contributed by atoms with van der Waals surface area (Å²) in [7, 11) is 0. The number of ether oxygens (including phenoxy) is 1. The molecule has 1 saturated carbocycles. The maximum atomic E-state index is 11.7. The molecule has 16 heavy (non-hydrogen) atoms. The number of nitrogens with zero attached hydrogens (tertiary/aromatic N) is 1. The Morgan fingerprint density at radius 2 is 1.81 bits per heavy atom. The second-order valence-electron chi connectivity index (χ2n) is 4.50. The van der Waals surface area contributed by atoms with Gasteiger partial charge >= 0.3 is 0 Å². The first-order valence-corrected chi connectivity index (χ1v) is 5.86. The van der Waals surface area contributed by atoms with E-state index in [1.54, 1.807) is 0 Å². The van der Waals surface area contributed by atoms with Crippen LogP contribution in [0, 0.1) is 5.92 Å². The Hall–Kier alpha value is -0.940. The van der Waals surface area contributed by atoms with Crippen LogP contribution in [0.3, 0.4) is 0 Å². The van der Waals surface area contributed by atoms with Crippen molar-refractivity contribution in [2.75, 3.05) is 19.8 Å². The van der Waals surface area contributed by atoms with E-state index in [9.17, 15) is 9.59 Å². The molecule has 1 heterocycles. The van der Waals surface area contributed by atoms with Crippen LogP contribution in [0.4, 0.5) is 0 Å². The van der Waals surface area contributed by atoms with Crippen molar-refractivity contribution in [1.82, 2.24) is 4.90 Å². The lowest BCUT2D eigenvalue weighted by Crippen LogP contribution is -2.56. The largest absolute Gasteiger partial charge is 0.362 e. The average molecular weight is 226 g/mol. The summed E-state index contributed by atoms with van der Waals surface area (Å²) in [6, 6.07) is -0.119. The Balaban J connectivity index is 2.11. The molecule has 2 rings (SSSR count). The van der Waals surface area contributed by atoms with Gasteiger partial charge in [-0.2, -0.15) is 0 Å². The Morgan fingerprint density at radius 1 is 1.25 bits per heavy atom. The maximum absolute atomic E-state index is 11.7. The molecule has 2 amide bonds. The molecule has 1 saturated heterocycles. The van der Waals surface area contributed by atoms with E-state index < -0.39 is 0 Å². The topological polar surface area (TPSA) is 72.6 Å². The fourth-order valence-corrected chi connectivity index (χ4v) is 2.72. The molecule has 0 aromatic heterocycles. The number of nitrogens with two attached hydrogens (primary N) is 1. The van der Waals surface area contributed by atoms with Crippen LogP contribution in [0.15, 0.2) is 0 Å². The third-order valence-electron chi connectivity index (χ3n) is 3.51. The monoisotopic (exact) mass is 226 g/mol. The Labute approximate surface area is 94.9 Å². The van der Waals surface area contributed by atoms with Gasteiger partial charge in [0, 0.05) is 6.54 Å². The van der Waals surface area contributed by atoms with E-state index in [4.69, 9.17) is 10.5 Å². The Bertz CT molecular complexity index is 271. The van der Waals surface area contributed by atoms with Gasteiger partial charge in [0.15, 0.2) is 0 Å². The van der Waals surface area contributed by atoms with Gasteiger partial charge in [0.05, 0.1) is 6.04 Å². The first kappa shape index (κ1) is 11.5. The van der Waals surface area contributed by atoms with E-state index in [0.717, 1.165) is 12.8 Å². The molecule has 0 aromatic rings. The van der Waals surface area contributed by atoms with Gasteiger partial charge in [0.25, 0.3) is 11.8 Å². The summed E-state index contributed by atoms with van der Waals surface area (Å²) < 4.78 is 4.90. The lowest BCUT2D eigenvalue weighted by atomic mass is 9.96. The van der Waals surface area contributed by atoms with Crippen molar-refractivity contribution in [3.8, 4) is 0 Å². The van der Waals surface area contributed by atoms with Crippen LogP contribution in [-0.2, 0) is 14.3 Å². The van der Waals surface area contributed by atoms with Crippen molar-refractivity contribution in [3.63, 3.8) is 0 Å². The average Bonchev–Trinajstić information content (AvgIpc) is 2.77. The van der Waals surface area contributed by atoms with Crippen LogP contribution in [0.25, 0.3) is 0 Å². The molecule has 2 N–H and O–H groups in total. The van der Waals surface area contributed by atoms with Crippen molar-refractivity contribution in [1.29, 1.82) is 0 Å². The molecule has 5 nitrogen and oxygen atoms in total. The van der Waals surface area contributed by atoms with Crippen molar-refractivity contribution in [3.05, 3.63) is 0 Å². The minimum Gasteiger partial charge on any atom is -0.362 e.